The summed E-state index contributed by atoms with van der Waals surface area (Å²) in [5.41, 5.74) is 2.29. The number of nitrogens with zero attached hydrogens (tertiary/aromatic N) is 4. The highest BCUT2D eigenvalue weighted by atomic mass is 16.5. The standard InChI is InChI=1S/C27H33N5O4/c1-34-24-15-21(7-8-23(24)36-18-20-5-3-2-4-6-20)17-31-11-9-25-29-30-26(32(25)13-12-31)16-28-27(33)22-10-14-35-19-22/h2-8,15,22H,9-14,16-19H2,1H3,(H,28,33). The number of hydrogen-bond acceptors (Lipinski definition) is 7. The van der Waals surface area contributed by atoms with Crippen molar-refractivity contribution in [1.82, 2.24) is 25.0 Å². The molecule has 1 aromatic heterocycles. The Labute approximate surface area is 211 Å². The lowest BCUT2D eigenvalue weighted by molar-refractivity contribution is -0.125. The van der Waals surface area contributed by atoms with Crippen LogP contribution in [0.25, 0.3) is 0 Å². The molecule has 0 saturated carbocycles. The molecule has 0 aliphatic carbocycles. The SMILES string of the molecule is COc1cc(CN2CCc3nnc(CNC(=O)C4CCOC4)n3CC2)ccc1OCc1ccccc1. The van der Waals surface area contributed by atoms with Crippen molar-refractivity contribution in [3.63, 3.8) is 0 Å². The smallest absolute Gasteiger partial charge is 0.225 e. The van der Waals surface area contributed by atoms with Gasteiger partial charge in [0.2, 0.25) is 5.91 Å². The van der Waals surface area contributed by atoms with Crippen LogP contribution < -0.4 is 14.8 Å². The summed E-state index contributed by atoms with van der Waals surface area (Å²) in [6, 6.07) is 16.2. The Hall–Kier alpha value is -3.43. The lowest BCUT2D eigenvalue weighted by Gasteiger charge is -2.20. The second-order valence-electron chi connectivity index (χ2n) is 9.25. The van der Waals surface area contributed by atoms with E-state index >= 15 is 0 Å². The van der Waals surface area contributed by atoms with Crippen molar-refractivity contribution in [3.05, 3.63) is 71.3 Å². The summed E-state index contributed by atoms with van der Waals surface area (Å²) in [5, 5.41) is 11.7. The van der Waals surface area contributed by atoms with E-state index in [0.29, 0.717) is 26.4 Å². The summed E-state index contributed by atoms with van der Waals surface area (Å²) in [5.74, 6) is 3.22. The third-order valence-electron chi connectivity index (χ3n) is 6.79. The molecule has 3 heterocycles. The van der Waals surface area contributed by atoms with Crippen LogP contribution in [0, 0.1) is 5.92 Å². The predicted octanol–water partition coefficient (Wildman–Crippen LogP) is 2.58. The molecule has 36 heavy (non-hydrogen) atoms. The van der Waals surface area contributed by atoms with Gasteiger partial charge in [-0.25, -0.2) is 0 Å². The molecule has 1 atom stereocenters. The molecule has 1 N–H and O–H groups in total. The number of aromatic nitrogens is 3. The number of nitrogens with one attached hydrogen (secondary N) is 1. The van der Waals surface area contributed by atoms with Crippen LogP contribution in [0.5, 0.6) is 11.5 Å². The molecule has 1 saturated heterocycles. The zero-order valence-electron chi connectivity index (χ0n) is 20.7. The van der Waals surface area contributed by atoms with Gasteiger partial charge in [-0.3, -0.25) is 9.69 Å². The van der Waals surface area contributed by atoms with E-state index in [4.69, 9.17) is 14.2 Å². The van der Waals surface area contributed by atoms with Crippen LogP contribution in [0.2, 0.25) is 0 Å². The number of rotatable bonds is 9. The van der Waals surface area contributed by atoms with E-state index in [1.807, 2.05) is 36.4 Å². The molecular weight excluding hydrogens is 458 g/mol. The number of benzene rings is 2. The van der Waals surface area contributed by atoms with Gasteiger partial charge in [-0.05, 0) is 29.7 Å². The first-order chi connectivity index (χ1) is 17.7. The van der Waals surface area contributed by atoms with Crippen LogP contribution in [0.4, 0.5) is 0 Å². The van der Waals surface area contributed by atoms with Gasteiger partial charge in [0.15, 0.2) is 17.3 Å². The Morgan fingerprint density at radius 1 is 1.08 bits per heavy atom. The first-order valence-corrected chi connectivity index (χ1v) is 12.5. The number of methoxy groups -OCH3 is 1. The van der Waals surface area contributed by atoms with Gasteiger partial charge in [-0.1, -0.05) is 36.4 Å². The van der Waals surface area contributed by atoms with Gasteiger partial charge in [0.1, 0.15) is 12.4 Å². The molecule has 1 unspecified atom stereocenters. The van der Waals surface area contributed by atoms with Gasteiger partial charge in [0.25, 0.3) is 0 Å². The number of carbonyl (C=O) groups is 1. The molecule has 1 amide bonds. The van der Waals surface area contributed by atoms with Crippen molar-refractivity contribution >= 4 is 5.91 Å². The highest BCUT2D eigenvalue weighted by Gasteiger charge is 2.24. The topological polar surface area (TPSA) is 90.7 Å². The van der Waals surface area contributed by atoms with Crippen LogP contribution in [0.15, 0.2) is 48.5 Å². The zero-order chi connectivity index (χ0) is 24.7. The highest BCUT2D eigenvalue weighted by molar-refractivity contribution is 5.78. The fourth-order valence-corrected chi connectivity index (χ4v) is 4.69. The van der Waals surface area contributed by atoms with Crippen molar-refractivity contribution in [2.24, 2.45) is 5.92 Å². The van der Waals surface area contributed by atoms with E-state index in [2.05, 4.69) is 37.1 Å². The second kappa shape index (κ2) is 11.5. The Balaban J connectivity index is 1.16. The van der Waals surface area contributed by atoms with Crippen LogP contribution in [0.1, 0.15) is 29.2 Å². The summed E-state index contributed by atoms with van der Waals surface area (Å²) in [4.78, 5) is 14.8. The minimum Gasteiger partial charge on any atom is -0.493 e. The maximum Gasteiger partial charge on any atom is 0.225 e. The summed E-state index contributed by atoms with van der Waals surface area (Å²) in [6.45, 7) is 5.41. The zero-order valence-corrected chi connectivity index (χ0v) is 20.7. The predicted molar refractivity (Wildman–Crippen MR) is 134 cm³/mol. The first kappa shape index (κ1) is 24.3. The van der Waals surface area contributed by atoms with Gasteiger partial charge >= 0.3 is 0 Å². The van der Waals surface area contributed by atoms with Crippen LogP contribution in [-0.4, -0.2) is 59.0 Å². The number of hydrogen-bond donors (Lipinski definition) is 1. The average molecular weight is 492 g/mol. The van der Waals surface area contributed by atoms with Gasteiger partial charge in [0, 0.05) is 39.2 Å². The van der Waals surface area contributed by atoms with Crippen LogP contribution in [0.3, 0.4) is 0 Å². The fraction of sp³-hybridized carbons (Fsp3) is 0.444. The van der Waals surface area contributed by atoms with Crippen molar-refractivity contribution in [2.75, 3.05) is 33.4 Å². The van der Waals surface area contributed by atoms with E-state index in [0.717, 1.165) is 67.7 Å². The molecule has 2 aromatic carbocycles. The van der Waals surface area contributed by atoms with Crippen molar-refractivity contribution in [1.29, 1.82) is 0 Å². The Morgan fingerprint density at radius 3 is 2.78 bits per heavy atom. The molecule has 190 valence electrons. The molecule has 1 fully saturated rings. The summed E-state index contributed by atoms with van der Waals surface area (Å²) >= 11 is 0. The second-order valence-corrected chi connectivity index (χ2v) is 9.25. The summed E-state index contributed by atoms with van der Waals surface area (Å²) < 4.78 is 19.1. The molecule has 2 aliphatic rings. The molecule has 0 radical (unpaired) electrons. The van der Waals surface area contributed by atoms with Crippen molar-refractivity contribution in [3.8, 4) is 11.5 Å². The van der Waals surface area contributed by atoms with Crippen molar-refractivity contribution < 1.29 is 19.0 Å². The van der Waals surface area contributed by atoms with Gasteiger partial charge in [0.05, 0.1) is 26.2 Å². The minimum absolute atomic E-state index is 0.0326. The normalized spacial score (nSPS) is 17.9. The maximum absolute atomic E-state index is 12.3. The third kappa shape index (κ3) is 5.85. The van der Waals surface area contributed by atoms with Gasteiger partial charge < -0.3 is 24.1 Å². The molecule has 3 aromatic rings. The molecule has 9 nitrogen and oxygen atoms in total. The average Bonchev–Trinajstić information content (AvgIpc) is 3.55. The summed E-state index contributed by atoms with van der Waals surface area (Å²) in [6.07, 6.45) is 1.59. The number of fused-ring (bicyclic) bond motifs is 1. The third-order valence-corrected chi connectivity index (χ3v) is 6.79. The lowest BCUT2D eigenvalue weighted by atomic mass is 10.1. The molecule has 0 spiro atoms. The number of ether oxygens (including phenoxy) is 3. The largest absolute Gasteiger partial charge is 0.493 e. The fourth-order valence-electron chi connectivity index (χ4n) is 4.69. The van der Waals surface area contributed by atoms with Crippen LogP contribution >= 0.6 is 0 Å². The lowest BCUT2D eigenvalue weighted by Crippen LogP contribution is -2.32. The van der Waals surface area contributed by atoms with Gasteiger partial charge in [-0.15, -0.1) is 10.2 Å². The van der Waals surface area contributed by atoms with E-state index in [9.17, 15) is 4.79 Å². The van der Waals surface area contributed by atoms with Gasteiger partial charge in [-0.2, -0.15) is 0 Å². The first-order valence-electron chi connectivity index (χ1n) is 12.5. The highest BCUT2D eigenvalue weighted by Crippen LogP contribution is 2.29. The monoisotopic (exact) mass is 491 g/mol. The summed E-state index contributed by atoms with van der Waals surface area (Å²) in [7, 11) is 1.67. The number of amides is 1. The minimum atomic E-state index is -0.0564. The number of carbonyl (C=O) groups excluding carboxylic acids is 1. The van der Waals surface area contributed by atoms with E-state index < -0.39 is 0 Å². The molecule has 0 bridgehead atoms. The maximum atomic E-state index is 12.3. The molecule has 2 aliphatic heterocycles. The molecule has 5 rings (SSSR count). The van der Waals surface area contributed by atoms with E-state index in [1.54, 1.807) is 7.11 Å². The molecular formula is C27H33N5O4. The van der Waals surface area contributed by atoms with E-state index in [1.165, 1.54) is 5.56 Å². The Morgan fingerprint density at radius 2 is 1.97 bits per heavy atom. The Kier molecular flexibility index (Phi) is 7.78. The quantitative estimate of drug-likeness (QED) is 0.492. The van der Waals surface area contributed by atoms with Crippen molar-refractivity contribution in [2.45, 2.75) is 39.1 Å². The van der Waals surface area contributed by atoms with Crippen LogP contribution in [-0.2, 0) is 42.2 Å². The van der Waals surface area contributed by atoms with E-state index in [-0.39, 0.29) is 11.8 Å². The molecule has 9 heteroatoms. The Bertz CT molecular complexity index is 1160.